The Bertz CT molecular complexity index is 689. The van der Waals surface area contributed by atoms with E-state index in [-0.39, 0.29) is 0 Å². The lowest BCUT2D eigenvalue weighted by atomic mass is 9.89. The van der Waals surface area contributed by atoms with Crippen LogP contribution in [0.5, 0.6) is 0 Å². The second-order valence-corrected chi connectivity index (χ2v) is 8.88. The fraction of sp³-hybridized carbons (Fsp3) is 0.586. The van der Waals surface area contributed by atoms with E-state index in [1.165, 1.54) is 56.9 Å². The molecule has 0 aliphatic heterocycles. The minimum Gasteiger partial charge on any atom is -0.398 e. The summed E-state index contributed by atoms with van der Waals surface area (Å²) in [6.07, 6.45) is 15.4. The van der Waals surface area contributed by atoms with Crippen molar-refractivity contribution in [3.05, 3.63) is 58.7 Å². The molecule has 0 fully saturated rings. The van der Waals surface area contributed by atoms with Crippen molar-refractivity contribution in [2.24, 2.45) is 5.92 Å². The summed E-state index contributed by atoms with van der Waals surface area (Å²) < 4.78 is 0. The zero-order valence-electron chi connectivity index (χ0n) is 21.3. The van der Waals surface area contributed by atoms with Gasteiger partial charge in [0.25, 0.3) is 0 Å². The summed E-state index contributed by atoms with van der Waals surface area (Å²) in [5.74, 6) is 0.911. The molecule has 2 N–H and O–H groups in total. The number of hydrogen-bond acceptors (Lipinski definition) is 1. The number of nitrogens with two attached hydrogens (primary N) is 1. The first kappa shape index (κ1) is 28.2. The van der Waals surface area contributed by atoms with Gasteiger partial charge in [-0.2, -0.15) is 0 Å². The molecule has 0 heterocycles. The first-order valence-corrected chi connectivity index (χ1v) is 12.1. The van der Waals surface area contributed by atoms with Crippen LogP contribution in [0.25, 0.3) is 5.57 Å². The average molecular weight is 412 g/mol. The smallest absolute Gasteiger partial charge is 0.0350 e. The summed E-state index contributed by atoms with van der Waals surface area (Å²) in [6.45, 7) is 21.2. The van der Waals surface area contributed by atoms with Gasteiger partial charge in [-0.1, -0.05) is 101 Å². The predicted octanol–water partition coefficient (Wildman–Crippen LogP) is 9.59. The van der Waals surface area contributed by atoms with E-state index in [9.17, 15) is 0 Å². The summed E-state index contributed by atoms with van der Waals surface area (Å²) in [5, 5.41) is 0. The molecule has 0 radical (unpaired) electrons. The van der Waals surface area contributed by atoms with Crippen molar-refractivity contribution in [1.29, 1.82) is 0 Å². The molecule has 170 valence electrons. The van der Waals surface area contributed by atoms with Gasteiger partial charge in [-0.25, -0.2) is 0 Å². The van der Waals surface area contributed by atoms with E-state index >= 15 is 0 Å². The lowest BCUT2D eigenvalue weighted by Crippen LogP contribution is -2.01. The highest BCUT2D eigenvalue weighted by molar-refractivity contribution is 5.69. The quantitative estimate of drug-likeness (QED) is 0.444. The van der Waals surface area contributed by atoms with Gasteiger partial charge in [-0.05, 0) is 75.6 Å². The first-order valence-electron chi connectivity index (χ1n) is 12.1. The lowest BCUT2D eigenvalue weighted by Gasteiger charge is -2.17. The topological polar surface area (TPSA) is 26.0 Å². The van der Waals surface area contributed by atoms with Gasteiger partial charge in [0, 0.05) is 5.69 Å². The number of anilines is 1. The van der Waals surface area contributed by atoms with Crippen molar-refractivity contribution in [2.75, 3.05) is 5.73 Å². The van der Waals surface area contributed by atoms with Crippen molar-refractivity contribution in [3.63, 3.8) is 0 Å². The van der Waals surface area contributed by atoms with Gasteiger partial charge in [-0.3, -0.25) is 0 Å². The van der Waals surface area contributed by atoms with Gasteiger partial charge in [0.05, 0.1) is 0 Å². The van der Waals surface area contributed by atoms with Gasteiger partial charge in [0.1, 0.15) is 0 Å². The Kier molecular flexibility index (Phi) is 15.1. The van der Waals surface area contributed by atoms with E-state index in [1.807, 2.05) is 19.9 Å². The van der Waals surface area contributed by atoms with Crippen molar-refractivity contribution in [1.82, 2.24) is 0 Å². The van der Waals surface area contributed by atoms with Gasteiger partial charge in [0.2, 0.25) is 0 Å². The molecular formula is C29H49N. The van der Waals surface area contributed by atoms with Crippen LogP contribution in [0, 0.1) is 19.8 Å². The summed E-state index contributed by atoms with van der Waals surface area (Å²) in [5.41, 5.74) is 14.4. The number of unbranched alkanes of at least 4 members (excludes halogenated alkanes) is 1. The zero-order chi connectivity index (χ0) is 23.1. The molecule has 1 heteroatoms. The van der Waals surface area contributed by atoms with Crippen LogP contribution in [0.2, 0.25) is 0 Å². The maximum absolute atomic E-state index is 5.79. The van der Waals surface area contributed by atoms with Gasteiger partial charge < -0.3 is 5.73 Å². The number of benzene rings is 1. The Morgan fingerprint density at radius 3 is 2.10 bits per heavy atom. The molecule has 1 aliphatic carbocycles. The highest BCUT2D eigenvalue weighted by Crippen LogP contribution is 2.26. The SMILES string of the molecule is C=C(C)c1cc(N)c(C)cc1C.CCCC.CCCC(CC)CC1=CCCC(C)=C1. The van der Waals surface area contributed by atoms with Crippen LogP contribution in [0.15, 0.2) is 42.0 Å². The second-order valence-electron chi connectivity index (χ2n) is 8.88. The molecule has 0 saturated heterocycles. The molecular weight excluding hydrogens is 362 g/mol. The Balaban J connectivity index is 0.000000481. The largest absolute Gasteiger partial charge is 0.398 e. The van der Waals surface area contributed by atoms with E-state index < -0.39 is 0 Å². The van der Waals surface area contributed by atoms with Crippen LogP contribution in [0.3, 0.4) is 0 Å². The van der Waals surface area contributed by atoms with Gasteiger partial charge in [0.15, 0.2) is 0 Å². The highest BCUT2D eigenvalue weighted by Gasteiger charge is 2.09. The number of rotatable bonds is 7. The van der Waals surface area contributed by atoms with Crippen molar-refractivity contribution in [2.45, 2.75) is 107 Å². The highest BCUT2D eigenvalue weighted by atomic mass is 14.6. The molecule has 1 aromatic carbocycles. The first-order chi connectivity index (χ1) is 14.2. The Hall–Kier alpha value is -1.76. The van der Waals surface area contributed by atoms with Crippen LogP contribution in [-0.2, 0) is 0 Å². The Morgan fingerprint density at radius 1 is 1.00 bits per heavy atom. The van der Waals surface area contributed by atoms with E-state index in [0.29, 0.717) is 0 Å². The molecule has 1 atom stereocenters. The molecule has 2 rings (SSSR count). The zero-order valence-corrected chi connectivity index (χ0v) is 21.3. The minimum absolute atomic E-state index is 0.846. The average Bonchev–Trinajstić information content (AvgIpc) is 2.71. The van der Waals surface area contributed by atoms with E-state index in [4.69, 9.17) is 5.73 Å². The maximum Gasteiger partial charge on any atom is 0.0350 e. The lowest BCUT2D eigenvalue weighted by molar-refractivity contribution is 0.462. The number of aryl methyl sites for hydroxylation is 2. The van der Waals surface area contributed by atoms with Crippen LogP contribution < -0.4 is 5.73 Å². The van der Waals surface area contributed by atoms with Crippen LogP contribution in [-0.4, -0.2) is 0 Å². The van der Waals surface area contributed by atoms with Crippen LogP contribution in [0.1, 0.15) is 110 Å². The molecule has 1 aliphatic rings. The molecule has 1 nitrogen and oxygen atoms in total. The molecule has 0 amide bonds. The van der Waals surface area contributed by atoms with E-state index in [2.05, 4.69) is 66.3 Å². The second kappa shape index (κ2) is 16.0. The molecule has 1 unspecified atom stereocenters. The monoisotopic (exact) mass is 411 g/mol. The van der Waals surface area contributed by atoms with Crippen LogP contribution in [0.4, 0.5) is 5.69 Å². The molecule has 30 heavy (non-hydrogen) atoms. The predicted molar refractivity (Wildman–Crippen MR) is 140 cm³/mol. The third-order valence-electron chi connectivity index (χ3n) is 5.75. The molecule has 0 spiro atoms. The van der Waals surface area contributed by atoms with Crippen molar-refractivity contribution >= 4 is 11.3 Å². The Morgan fingerprint density at radius 2 is 1.63 bits per heavy atom. The van der Waals surface area contributed by atoms with Gasteiger partial charge >= 0.3 is 0 Å². The standard InChI is InChI=1S/C14H24.C11H15N.C4H10/c1-4-7-13(5-2)11-14-9-6-8-12(3)10-14;1-7(2)10-6-11(12)9(4)5-8(10)3;1-3-4-2/h9-10,13H,4-8,11H2,1-3H3;5-6H,1,12H2,2-4H3;3-4H2,1-2H3. The third kappa shape index (κ3) is 11.4. The third-order valence-corrected chi connectivity index (χ3v) is 5.75. The molecule has 1 aromatic rings. The Labute approximate surface area is 188 Å². The summed E-state index contributed by atoms with van der Waals surface area (Å²) >= 11 is 0. The van der Waals surface area contributed by atoms with E-state index in [0.717, 1.165) is 28.3 Å². The van der Waals surface area contributed by atoms with E-state index in [1.54, 1.807) is 11.1 Å². The molecule has 0 bridgehead atoms. The summed E-state index contributed by atoms with van der Waals surface area (Å²) in [4.78, 5) is 0. The maximum atomic E-state index is 5.79. The summed E-state index contributed by atoms with van der Waals surface area (Å²) in [7, 11) is 0. The molecule has 0 aromatic heterocycles. The number of allylic oxidation sites excluding steroid dienone is 5. The number of hydrogen-bond donors (Lipinski definition) is 1. The summed E-state index contributed by atoms with van der Waals surface area (Å²) in [6, 6.07) is 4.09. The van der Waals surface area contributed by atoms with Crippen LogP contribution >= 0.6 is 0 Å². The number of nitrogen functional groups attached to an aromatic ring is 1. The fourth-order valence-electron chi connectivity index (χ4n) is 3.60. The molecule has 0 saturated carbocycles. The van der Waals surface area contributed by atoms with Crippen molar-refractivity contribution in [3.8, 4) is 0 Å². The van der Waals surface area contributed by atoms with Crippen molar-refractivity contribution < 1.29 is 0 Å². The minimum atomic E-state index is 0.846. The van der Waals surface area contributed by atoms with Gasteiger partial charge in [-0.15, -0.1) is 0 Å². The fourth-order valence-corrected chi connectivity index (χ4v) is 3.60. The normalized spacial score (nSPS) is 13.7.